The Balaban J connectivity index is 2.00. The van der Waals surface area contributed by atoms with Gasteiger partial charge in [-0.05, 0) is 40.5 Å². The predicted octanol–water partition coefficient (Wildman–Crippen LogP) is 3.71. The van der Waals surface area contributed by atoms with E-state index < -0.39 is 0 Å². The Bertz CT molecular complexity index is 582. The van der Waals surface area contributed by atoms with Crippen LogP contribution in [0.4, 0.5) is 4.39 Å². The summed E-state index contributed by atoms with van der Waals surface area (Å²) in [6, 6.07) is 4.63. The van der Waals surface area contributed by atoms with Crippen molar-refractivity contribution >= 4 is 33.0 Å². The van der Waals surface area contributed by atoms with Crippen molar-refractivity contribution in [1.82, 2.24) is 4.98 Å². The fourth-order valence-corrected chi connectivity index (χ4v) is 2.67. The molecule has 0 fully saturated rings. The van der Waals surface area contributed by atoms with E-state index in [9.17, 15) is 9.18 Å². The van der Waals surface area contributed by atoms with E-state index in [2.05, 4.69) is 20.9 Å². The highest BCUT2D eigenvalue weighted by molar-refractivity contribution is 9.10. The largest absolute Gasteiger partial charge is 0.299 e. The molecule has 1 aromatic carbocycles. The summed E-state index contributed by atoms with van der Waals surface area (Å²) < 4.78 is 13.4. The average molecular weight is 328 g/mol. The van der Waals surface area contributed by atoms with Crippen molar-refractivity contribution < 1.29 is 9.18 Å². The summed E-state index contributed by atoms with van der Waals surface area (Å²) in [5.74, 6) is -0.236. The summed E-state index contributed by atoms with van der Waals surface area (Å²) in [6.07, 6.45) is 0.634. The van der Waals surface area contributed by atoms with Gasteiger partial charge in [-0.25, -0.2) is 9.37 Å². The van der Waals surface area contributed by atoms with Crippen LogP contribution in [-0.4, -0.2) is 10.8 Å². The third-order valence-corrected chi connectivity index (χ3v) is 3.86. The molecular formula is C13H11BrFNOS. The Morgan fingerprint density at radius 3 is 2.83 bits per heavy atom. The van der Waals surface area contributed by atoms with Crippen LogP contribution in [0.1, 0.15) is 16.3 Å². The molecule has 1 heterocycles. The van der Waals surface area contributed by atoms with E-state index in [0.717, 1.165) is 16.3 Å². The molecule has 0 saturated heterocycles. The van der Waals surface area contributed by atoms with Crippen LogP contribution in [0.3, 0.4) is 0 Å². The summed E-state index contributed by atoms with van der Waals surface area (Å²) in [4.78, 5) is 16.1. The van der Waals surface area contributed by atoms with E-state index in [1.807, 2.05) is 12.3 Å². The number of halogens is 2. The molecule has 0 radical (unpaired) electrons. The lowest BCUT2D eigenvalue weighted by molar-refractivity contribution is -0.117. The number of rotatable bonds is 4. The number of aryl methyl sites for hydroxylation is 1. The quantitative estimate of drug-likeness (QED) is 0.856. The standard InChI is InChI=1S/C13H11BrFNOS/c1-8-16-10(7-18-8)6-11(17)4-9-2-3-13(15)12(14)5-9/h2-3,5,7H,4,6H2,1H3. The number of Topliss-reactive ketones (excluding diaryl/α,β-unsaturated/α-hetero) is 1. The van der Waals surface area contributed by atoms with Gasteiger partial charge >= 0.3 is 0 Å². The molecule has 0 amide bonds. The van der Waals surface area contributed by atoms with Gasteiger partial charge in [-0.3, -0.25) is 4.79 Å². The second kappa shape index (κ2) is 5.71. The fraction of sp³-hybridized carbons (Fsp3) is 0.231. The van der Waals surface area contributed by atoms with Crippen LogP contribution in [0.5, 0.6) is 0 Å². The zero-order valence-electron chi connectivity index (χ0n) is 9.74. The summed E-state index contributed by atoms with van der Waals surface area (Å²) >= 11 is 4.65. The van der Waals surface area contributed by atoms with Gasteiger partial charge in [-0.1, -0.05) is 6.07 Å². The van der Waals surface area contributed by atoms with E-state index in [1.165, 1.54) is 17.4 Å². The summed E-state index contributed by atoms with van der Waals surface area (Å²) in [7, 11) is 0. The van der Waals surface area contributed by atoms with Crippen LogP contribution in [0, 0.1) is 12.7 Å². The minimum Gasteiger partial charge on any atom is -0.299 e. The number of ketones is 1. The number of hydrogen-bond acceptors (Lipinski definition) is 3. The second-order valence-electron chi connectivity index (χ2n) is 4.00. The van der Waals surface area contributed by atoms with Gasteiger partial charge in [0.05, 0.1) is 15.2 Å². The highest BCUT2D eigenvalue weighted by Crippen LogP contribution is 2.18. The normalized spacial score (nSPS) is 10.6. The number of carbonyl (C=O) groups excluding carboxylic acids is 1. The van der Waals surface area contributed by atoms with Crippen LogP contribution in [-0.2, 0) is 17.6 Å². The minimum atomic E-state index is -0.318. The number of nitrogens with zero attached hydrogens (tertiary/aromatic N) is 1. The lowest BCUT2D eigenvalue weighted by Gasteiger charge is -2.01. The van der Waals surface area contributed by atoms with Crippen molar-refractivity contribution in [3.8, 4) is 0 Å². The highest BCUT2D eigenvalue weighted by Gasteiger charge is 2.09. The molecule has 94 valence electrons. The van der Waals surface area contributed by atoms with E-state index in [1.54, 1.807) is 12.1 Å². The Hall–Kier alpha value is -1.07. The van der Waals surface area contributed by atoms with Crippen LogP contribution >= 0.6 is 27.3 Å². The van der Waals surface area contributed by atoms with Gasteiger partial charge < -0.3 is 0 Å². The molecular weight excluding hydrogens is 317 g/mol. The first-order chi connectivity index (χ1) is 8.54. The average Bonchev–Trinajstić information content (AvgIpc) is 2.69. The maximum atomic E-state index is 13.0. The summed E-state index contributed by atoms with van der Waals surface area (Å²) in [6.45, 7) is 1.91. The Morgan fingerprint density at radius 2 is 2.22 bits per heavy atom. The van der Waals surface area contributed by atoms with Gasteiger partial charge in [0, 0.05) is 18.2 Å². The lowest BCUT2D eigenvalue weighted by atomic mass is 10.1. The first-order valence-corrected chi connectivity index (χ1v) is 7.08. The molecule has 1 aromatic heterocycles. The molecule has 18 heavy (non-hydrogen) atoms. The zero-order chi connectivity index (χ0) is 13.1. The van der Waals surface area contributed by atoms with Gasteiger partial charge in [0.1, 0.15) is 11.6 Å². The fourth-order valence-electron chi connectivity index (χ4n) is 1.63. The van der Waals surface area contributed by atoms with Gasteiger partial charge in [-0.2, -0.15) is 0 Å². The molecule has 2 rings (SSSR count). The van der Waals surface area contributed by atoms with Crippen molar-refractivity contribution in [3.05, 3.63) is 50.1 Å². The minimum absolute atomic E-state index is 0.0822. The van der Waals surface area contributed by atoms with Crippen LogP contribution < -0.4 is 0 Å². The monoisotopic (exact) mass is 327 g/mol. The third-order valence-electron chi connectivity index (χ3n) is 2.43. The van der Waals surface area contributed by atoms with E-state index in [-0.39, 0.29) is 11.6 Å². The van der Waals surface area contributed by atoms with E-state index in [0.29, 0.717) is 17.3 Å². The highest BCUT2D eigenvalue weighted by atomic mass is 79.9. The second-order valence-corrected chi connectivity index (χ2v) is 5.92. The first-order valence-electron chi connectivity index (χ1n) is 5.41. The molecule has 0 N–H and O–H groups in total. The number of carbonyl (C=O) groups is 1. The van der Waals surface area contributed by atoms with Crippen molar-refractivity contribution in [2.24, 2.45) is 0 Å². The van der Waals surface area contributed by atoms with Crippen LogP contribution in [0.25, 0.3) is 0 Å². The molecule has 0 saturated carbocycles. The van der Waals surface area contributed by atoms with E-state index in [4.69, 9.17) is 0 Å². The van der Waals surface area contributed by atoms with Crippen LogP contribution in [0.15, 0.2) is 28.1 Å². The SMILES string of the molecule is Cc1nc(CC(=O)Cc2ccc(F)c(Br)c2)cs1. The number of hydrogen-bond donors (Lipinski definition) is 0. The van der Waals surface area contributed by atoms with Crippen molar-refractivity contribution in [3.63, 3.8) is 0 Å². The van der Waals surface area contributed by atoms with Crippen molar-refractivity contribution in [1.29, 1.82) is 0 Å². The van der Waals surface area contributed by atoms with Crippen LogP contribution in [0.2, 0.25) is 0 Å². The molecule has 0 aliphatic rings. The van der Waals surface area contributed by atoms with E-state index >= 15 is 0 Å². The van der Waals surface area contributed by atoms with Gasteiger partial charge in [0.2, 0.25) is 0 Å². The Morgan fingerprint density at radius 1 is 1.44 bits per heavy atom. The van der Waals surface area contributed by atoms with Gasteiger partial charge in [0.15, 0.2) is 0 Å². The maximum Gasteiger partial charge on any atom is 0.143 e. The van der Waals surface area contributed by atoms with Crippen molar-refractivity contribution in [2.45, 2.75) is 19.8 Å². The topological polar surface area (TPSA) is 30.0 Å². The number of aromatic nitrogens is 1. The van der Waals surface area contributed by atoms with Gasteiger partial charge in [0.25, 0.3) is 0 Å². The molecule has 0 aliphatic carbocycles. The lowest BCUT2D eigenvalue weighted by Crippen LogP contribution is -2.07. The Kier molecular flexibility index (Phi) is 4.24. The first kappa shape index (κ1) is 13.4. The molecule has 2 aromatic rings. The third kappa shape index (κ3) is 3.46. The smallest absolute Gasteiger partial charge is 0.143 e. The predicted molar refractivity (Wildman–Crippen MR) is 73.4 cm³/mol. The molecule has 2 nitrogen and oxygen atoms in total. The molecule has 0 spiro atoms. The maximum absolute atomic E-state index is 13.0. The Labute approximate surface area is 117 Å². The summed E-state index contributed by atoms with van der Waals surface area (Å²) in [5, 5.41) is 2.86. The zero-order valence-corrected chi connectivity index (χ0v) is 12.1. The molecule has 5 heteroatoms. The number of thiazole rings is 1. The molecule has 0 aliphatic heterocycles. The summed E-state index contributed by atoms with van der Waals surface area (Å²) in [5.41, 5.74) is 1.61. The van der Waals surface area contributed by atoms with Gasteiger partial charge in [-0.15, -0.1) is 11.3 Å². The molecule has 0 unspecified atom stereocenters. The number of benzene rings is 1. The molecule has 0 atom stereocenters. The van der Waals surface area contributed by atoms with Crippen molar-refractivity contribution in [2.75, 3.05) is 0 Å². The molecule has 0 bridgehead atoms.